The molecule has 0 aliphatic rings. The lowest BCUT2D eigenvalue weighted by Gasteiger charge is -2.20. The van der Waals surface area contributed by atoms with E-state index in [1.54, 1.807) is 71.7 Å². The van der Waals surface area contributed by atoms with Gasteiger partial charge in [-0.2, -0.15) is 8.61 Å². The number of carboxylic acid groups (broad SMARTS) is 1. The van der Waals surface area contributed by atoms with E-state index in [0.717, 1.165) is 37.9 Å². The molecule has 4 aromatic carbocycles. The molecule has 4 N–H and O–H groups in total. The zero-order chi connectivity index (χ0) is 52.5. The molecule has 6 aromatic rings. The number of aromatic nitrogens is 4. The van der Waals surface area contributed by atoms with Gasteiger partial charge in [0.25, 0.3) is 0 Å². The summed E-state index contributed by atoms with van der Waals surface area (Å²) in [4.78, 5) is 31.6. The number of hydrogen-bond donors (Lipinski definition) is 3. The molecule has 2 heterocycles. The Morgan fingerprint density at radius 2 is 1.03 bits per heavy atom. The maximum Gasteiger partial charge on any atom is 0.329 e. The minimum atomic E-state index is -3.70. The number of nitrogens with two attached hydrogens (primary N) is 1. The molecule has 72 heavy (non-hydrogen) atoms. The summed E-state index contributed by atoms with van der Waals surface area (Å²) in [5.74, 6) is -0.153. The van der Waals surface area contributed by atoms with E-state index in [4.69, 9.17) is 29.8 Å². The molecule has 0 radical (unpaired) electrons. The van der Waals surface area contributed by atoms with Crippen molar-refractivity contribution >= 4 is 44.3 Å². The van der Waals surface area contributed by atoms with Crippen LogP contribution in [0.25, 0.3) is 22.5 Å². The first kappa shape index (κ1) is 60.1. The summed E-state index contributed by atoms with van der Waals surface area (Å²) in [6, 6.07) is 22.7. The van der Waals surface area contributed by atoms with Gasteiger partial charge in [-0.05, 0) is 85.3 Å². The van der Waals surface area contributed by atoms with Crippen LogP contribution >= 0.6 is 12.4 Å². The van der Waals surface area contributed by atoms with Gasteiger partial charge in [-0.25, -0.2) is 31.6 Å². The molecule has 22 heteroatoms. The third kappa shape index (κ3) is 17.3. The lowest BCUT2D eigenvalue weighted by atomic mass is 10.1. The fraction of sp³-hybridized carbons (Fsp3) is 0.360. The molecule has 0 saturated heterocycles. The van der Waals surface area contributed by atoms with E-state index in [0.29, 0.717) is 46.8 Å². The molecule has 0 aliphatic carbocycles. The Hall–Kier alpha value is -6.17. The number of methoxy groups -OCH3 is 2. The molecule has 0 spiro atoms. The average Bonchev–Trinajstić information content (AvgIpc) is 3.98. The molecule has 0 aliphatic heterocycles. The molecule has 0 saturated carbocycles. The highest BCUT2D eigenvalue weighted by molar-refractivity contribution is 7.89. The third-order valence-corrected chi connectivity index (χ3v) is 15.2. The van der Waals surface area contributed by atoms with Gasteiger partial charge in [-0.15, -0.1) is 12.4 Å². The van der Waals surface area contributed by atoms with Gasteiger partial charge < -0.3 is 44.2 Å². The molecule has 2 aromatic heterocycles. The van der Waals surface area contributed by atoms with E-state index >= 15 is 0 Å². The lowest BCUT2D eigenvalue weighted by molar-refractivity contribution is -0.142. The first-order valence-corrected chi connectivity index (χ1v) is 25.2. The second kappa shape index (κ2) is 28.2. The van der Waals surface area contributed by atoms with Gasteiger partial charge in [0.2, 0.25) is 26.0 Å². The highest BCUT2D eigenvalue weighted by atomic mass is 35.5. The van der Waals surface area contributed by atoms with Gasteiger partial charge in [0.15, 0.2) is 0 Å². The number of nitrogens with one attached hydrogen (secondary N) is 1. The number of nitrogens with zero attached hydrogens (tertiary/aromatic N) is 6. The standard InChI is InChI=1S/C25H32N4O5S.C14H21NO6S.C11H13N3.ClH/c1-18-12-22(33-5)13-19(2)25(18)35(31,32)29(4)10-11-34-16-24(30)26-14-20-6-8-21(9-7-20)23-15-28(3)17-27-23;1-10-7-12(20-4)8-11(2)14(10)22(18,19)15(3)5-6-21-9-13(16)17;1-14-7-11(13-8-14)10-4-2-9(6-12)3-5-10;/h6-9,12-13,15,17H,10-11,14,16H2,1-5H3,(H,26,30);7-8H,5-6,9H2,1-4H3,(H,16,17);2-5,7-8H,6,12H2,1H3;1H. The molecule has 1 amide bonds. The van der Waals surface area contributed by atoms with Crippen LogP contribution in [-0.4, -0.2) is 129 Å². The number of halogens is 1. The number of imidazole rings is 2. The molecular formula is C50H67ClN8O11S2. The van der Waals surface area contributed by atoms with Crippen LogP contribution in [-0.2, 0) is 66.3 Å². The van der Waals surface area contributed by atoms with Crippen molar-refractivity contribution in [2.75, 3.05) is 67.8 Å². The van der Waals surface area contributed by atoms with E-state index in [2.05, 4.69) is 15.3 Å². The maximum atomic E-state index is 13.0. The summed E-state index contributed by atoms with van der Waals surface area (Å²) in [7, 11) is 2.50. The Kier molecular flexibility index (Phi) is 23.5. The average molecular weight is 1060 g/mol. The summed E-state index contributed by atoms with van der Waals surface area (Å²) in [6.07, 6.45) is 7.48. The van der Waals surface area contributed by atoms with Crippen molar-refractivity contribution in [2.45, 2.75) is 50.6 Å². The number of likely N-dealkylation sites (N-methyl/N-ethyl adjacent to an activating group) is 2. The van der Waals surface area contributed by atoms with Crippen molar-refractivity contribution in [3.05, 3.63) is 131 Å². The lowest BCUT2D eigenvalue weighted by Crippen LogP contribution is -2.33. The van der Waals surface area contributed by atoms with E-state index < -0.39 is 32.6 Å². The maximum absolute atomic E-state index is 13.0. The quantitative estimate of drug-likeness (QED) is 0.0737. The largest absolute Gasteiger partial charge is 0.497 e. The van der Waals surface area contributed by atoms with Gasteiger partial charge in [-0.3, -0.25) is 4.79 Å². The van der Waals surface area contributed by atoms with Crippen molar-refractivity contribution in [1.29, 1.82) is 0 Å². The van der Waals surface area contributed by atoms with E-state index in [1.807, 2.05) is 84.2 Å². The number of carboxylic acids is 1. The summed E-state index contributed by atoms with van der Waals surface area (Å²) < 4.78 is 78.1. The number of hydrogen-bond acceptors (Lipinski definition) is 13. The Labute approximate surface area is 429 Å². The second-order valence-corrected chi connectivity index (χ2v) is 20.5. The minimum absolute atomic E-state index is 0. The Morgan fingerprint density at radius 1 is 0.653 bits per heavy atom. The first-order chi connectivity index (χ1) is 33.6. The van der Waals surface area contributed by atoms with Crippen LogP contribution in [0.15, 0.2) is 108 Å². The Morgan fingerprint density at radius 3 is 1.36 bits per heavy atom. The zero-order valence-corrected chi connectivity index (χ0v) is 44.9. The molecule has 0 unspecified atom stereocenters. The summed E-state index contributed by atoms with van der Waals surface area (Å²) >= 11 is 0. The molecule has 392 valence electrons. The number of sulfonamides is 2. The Balaban J connectivity index is 0.000000314. The molecular weight excluding hydrogens is 988 g/mol. The highest BCUT2D eigenvalue weighted by Gasteiger charge is 2.27. The third-order valence-electron chi connectivity index (χ3n) is 10.9. The van der Waals surface area contributed by atoms with Crippen molar-refractivity contribution < 1.29 is 50.5 Å². The van der Waals surface area contributed by atoms with Gasteiger partial charge in [0, 0.05) is 77.9 Å². The molecule has 0 bridgehead atoms. The van der Waals surface area contributed by atoms with E-state index in [9.17, 15) is 26.4 Å². The van der Waals surface area contributed by atoms with Crippen molar-refractivity contribution in [1.82, 2.24) is 33.0 Å². The minimum Gasteiger partial charge on any atom is -0.497 e. The number of carbonyl (C=O) groups is 2. The fourth-order valence-corrected chi connectivity index (χ4v) is 10.2. The molecule has 6 rings (SSSR count). The number of amides is 1. The summed E-state index contributed by atoms with van der Waals surface area (Å²) in [6.45, 7) is 7.54. The van der Waals surface area contributed by atoms with Crippen LogP contribution < -0.4 is 20.5 Å². The van der Waals surface area contributed by atoms with Gasteiger partial charge in [0.1, 0.15) is 24.7 Å². The highest BCUT2D eigenvalue weighted by Crippen LogP contribution is 2.29. The SMILES string of the molecule is COc1cc(C)c(S(=O)(=O)N(C)CCOCC(=O)NCc2ccc(-c3cn(C)cn3)cc2)c(C)c1.COc1cc(C)c(S(=O)(=O)N(C)CCOCC(=O)O)c(C)c1.Cl.Cn1cnc(-c2ccc(CN)cc2)c1. The number of aryl methyl sites for hydroxylation is 6. The number of carbonyl (C=O) groups excluding carboxylic acids is 1. The van der Waals surface area contributed by atoms with Crippen LogP contribution in [0.3, 0.4) is 0 Å². The van der Waals surface area contributed by atoms with Crippen molar-refractivity contribution in [3.63, 3.8) is 0 Å². The predicted octanol–water partition coefficient (Wildman–Crippen LogP) is 5.67. The Bertz CT molecular complexity index is 2880. The normalized spacial score (nSPS) is 11.2. The number of aliphatic carboxylic acids is 1. The van der Waals surface area contributed by atoms with Crippen LogP contribution in [0.4, 0.5) is 0 Å². The van der Waals surface area contributed by atoms with Crippen molar-refractivity contribution in [3.8, 4) is 34.0 Å². The van der Waals surface area contributed by atoms with Gasteiger partial charge in [-0.1, -0.05) is 48.5 Å². The molecule has 0 atom stereocenters. The fourth-order valence-electron chi connectivity index (χ4n) is 7.11. The number of benzene rings is 4. The smallest absolute Gasteiger partial charge is 0.329 e. The topological polar surface area (TPSA) is 240 Å². The first-order valence-electron chi connectivity index (χ1n) is 22.3. The van der Waals surface area contributed by atoms with Crippen molar-refractivity contribution in [2.24, 2.45) is 19.8 Å². The zero-order valence-electron chi connectivity index (χ0n) is 42.4. The molecule has 19 nitrogen and oxygen atoms in total. The number of ether oxygens (including phenoxy) is 4. The summed E-state index contributed by atoms with van der Waals surface area (Å²) in [5.41, 5.74) is 14.0. The summed E-state index contributed by atoms with van der Waals surface area (Å²) in [5, 5.41) is 11.3. The van der Waals surface area contributed by atoms with Gasteiger partial charge in [0.05, 0.1) is 61.3 Å². The van der Waals surface area contributed by atoms with Crippen LogP contribution in [0, 0.1) is 27.7 Å². The van der Waals surface area contributed by atoms with E-state index in [-0.39, 0.29) is 61.0 Å². The van der Waals surface area contributed by atoms with Crippen LogP contribution in [0.5, 0.6) is 11.5 Å². The van der Waals surface area contributed by atoms with Gasteiger partial charge >= 0.3 is 5.97 Å². The van der Waals surface area contributed by atoms with Crippen LogP contribution in [0.1, 0.15) is 33.4 Å². The van der Waals surface area contributed by atoms with E-state index in [1.165, 1.54) is 25.5 Å². The predicted molar refractivity (Wildman–Crippen MR) is 278 cm³/mol. The monoisotopic (exact) mass is 1050 g/mol. The molecule has 0 fully saturated rings. The number of rotatable bonds is 21. The second-order valence-electron chi connectivity index (χ2n) is 16.6. The van der Waals surface area contributed by atoms with Crippen LogP contribution in [0.2, 0.25) is 0 Å².